The molecule has 1 aromatic heterocycles. The van der Waals surface area contributed by atoms with E-state index < -0.39 is 21.4 Å². The number of sulfone groups is 1. The summed E-state index contributed by atoms with van der Waals surface area (Å²) in [4.78, 5) is 26.8. The Morgan fingerprint density at radius 2 is 1.50 bits per heavy atom. The summed E-state index contributed by atoms with van der Waals surface area (Å²) in [6.07, 6.45) is 3.57. The van der Waals surface area contributed by atoms with Crippen LogP contribution in [-0.4, -0.2) is 42.7 Å². The summed E-state index contributed by atoms with van der Waals surface area (Å²) in [6.45, 7) is 5.96. The van der Waals surface area contributed by atoms with Crippen molar-refractivity contribution < 1.29 is 32.6 Å². The number of aromatic carboxylic acids is 1. The molecule has 0 fully saturated rings. The first-order valence-corrected chi connectivity index (χ1v) is 14.0. The number of pyridine rings is 1. The van der Waals surface area contributed by atoms with Crippen LogP contribution in [0, 0.1) is 0 Å². The molecule has 0 bridgehead atoms. The van der Waals surface area contributed by atoms with Crippen molar-refractivity contribution in [3.8, 4) is 5.75 Å². The van der Waals surface area contributed by atoms with Gasteiger partial charge in [0.2, 0.25) is 0 Å². The molecule has 1 heterocycles. The fraction of sp³-hybridized carbons (Fsp3) is 0.345. The number of esters is 1. The van der Waals surface area contributed by atoms with Gasteiger partial charge in [0.15, 0.2) is 9.84 Å². The molecule has 0 saturated carbocycles. The van der Waals surface area contributed by atoms with Crippen LogP contribution >= 0.6 is 0 Å². The molecule has 0 radical (unpaired) electrons. The molecule has 3 aromatic rings. The van der Waals surface area contributed by atoms with Crippen LogP contribution in [0.4, 0.5) is 0 Å². The van der Waals surface area contributed by atoms with Crippen LogP contribution in [0.5, 0.6) is 5.75 Å². The van der Waals surface area contributed by atoms with Crippen LogP contribution < -0.4 is 4.74 Å². The van der Waals surface area contributed by atoms with E-state index in [1.807, 2.05) is 45.0 Å². The van der Waals surface area contributed by atoms with Gasteiger partial charge in [-0.25, -0.2) is 13.2 Å². The Balaban J connectivity index is 1.45. The molecule has 0 aliphatic carbocycles. The van der Waals surface area contributed by atoms with E-state index in [0.717, 1.165) is 35.9 Å². The number of rotatable bonds is 12. The first-order chi connectivity index (χ1) is 17.9. The number of carboxylic acids is 1. The van der Waals surface area contributed by atoms with Crippen molar-refractivity contribution in [3.05, 3.63) is 89.2 Å². The number of hydrogen-bond donors (Lipinski definition) is 1. The molecule has 0 atom stereocenters. The predicted molar refractivity (Wildman–Crippen MR) is 143 cm³/mol. The Labute approximate surface area is 223 Å². The second-order valence-electron chi connectivity index (χ2n) is 9.93. The van der Waals surface area contributed by atoms with E-state index in [2.05, 4.69) is 4.98 Å². The van der Waals surface area contributed by atoms with Gasteiger partial charge in [0.1, 0.15) is 11.4 Å². The van der Waals surface area contributed by atoms with Gasteiger partial charge >= 0.3 is 11.9 Å². The molecule has 0 spiro atoms. The summed E-state index contributed by atoms with van der Waals surface area (Å²) in [5.74, 6) is -0.911. The van der Waals surface area contributed by atoms with Crippen molar-refractivity contribution in [2.75, 3.05) is 6.61 Å². The van der Waals surface area contributed by atoms with Crippen LogP contribution in [0.2, 0.25) is 0 Å². The zero-order valence-electron chi connectivity index (χ0n) is 21.8. The Bertz CT molecular complexity index is 1330. The maximum atomic E-state index is 12.7. The monoisotopic (exact) mass is 539 g/mol. The molecule has 0 saturated heterocycles. The Hall–Kier alpha value is -3.72. The molecule has 202 valence electrons. The number of benzene rings is 2. The highest BCUT2D eigenvalue weighted by molar-refractivity contribution is 7.90. The largest absolute Gasteiger partial charge is 0.494 e. The summed E-state index contributed by atoms with van der Waals surface area (Å²) >= 11 is 0. The molecular formula is C29H33NO7S. The van der Waals surface area contributed by atoms with Gasteiger partial charge in [-0.1, -0.05) is 24.3 Å². The minimum absolute atomic E-state index is 0.00737. The number of carboxylic acid groups (broad SMARTS) is 1. The standard InChI is InChI=1S/C29H33NO7S/c1-29(2,3)37-27(31)5-4-18-36-25-14-8-21(9-15-25)6-7-22-10-16-26(17-11-22)38(34,35)20-24-13-12-23(19-30-24)28(32)33/h8-17,19H,4-7,18,20H2,1-3H3,(H,32,33). The average molecular weight is 540 g/mol. The topological polar surface area (TPSA) is 120 Å². The lowest BCUT2D eigenvalue weighted by molar-refractivity contribution is -0.155. The number of carbonyl (C=O) groups excluding carboxylic acids is 1. The van der Waals surface area contributed by atoms with E-state index in [4.69, 9.17) is 14.6 Å². The van der Waals surface area contributed by atoms with E-state index in [-0.39, 0.29) is 27.9 Å². The van der Waals surface area contributed by atoms with Crippen molar-refractivity contribution in [2.45, 2.75) is 62.7 Å². The minimum atomic E-state index is -3.61. The zero-order chi connectivity index (χ0) is 27.8. The van der Waals surface area contributed by atoms with Crippen molar-refractivity contribution in [1.29, 1.82) is 0 Å². The van der Waals surface area contributed by atoms with Crippen molar-refractivity contribution in [2.24, 2.45) is 0 Å². The van der Waals surface area contributed by atoms with E-state index in [1.54, 1.807) is 24.3 Å². The molecule has 3 rings (SSSR count). The number of carbonyl (C=O) groups is 2. The third-order valence-electron chi connectivity index (χ3n) is 5.53. The van der Waals surface area contributed by atoms with Crippen LogP contribution in [0.3, 0.4) is 0 Å². The fourth-order valence-electron chi connectivity index (χ4n) is 3.62. The molecule has 0 unspecified atom stereocenters. The van der Waals surface area contributed by atoms with Gasteiger partial charge in [-0.3, -0.25) is 9.78 Å². The molecule has 38 heavy (non-hydrogen) atoms. The van der Waals surface area contributed by atoms with Crippen LogP contribution in [0.25, 0.3) is 0 Å². The zero-order valence-corrected chi connectivity index (χ0v) is 22.7. The number of ether oxygens (including phenoxy) is 2. The van der Waals surface area contributed by atoms with Crippen LogP contribution in [-0.2, 0) is 38.0 Å². The third-order valence-corrected chi connectivity index (χ3v) is 7.20. The predicted octanol–water partition coefficient (Wildman–Crippen LogP) is 5.04. The molecular weight excluding hydrogens is 506 g/mol. The average Bonchev–Trinajstić information content (AvgIpc) is 2.85. The van der Waals surface area contributed by atoms with E-state index in [1.165, 1.54) is 12.1 Å². The number of aryl methyl sites for hydroxylation is 2. The van der Waals surface area contributed by atoms with Gasteiger partial charge < -0.3 is 14.6 Å². The molecule has 0 amide bonds. The highest BCUT2D eigenvalue weighted by Crippen LogP contribution is 2.19. The first-order valence-electron chi connectivity index (χ1n) is 12.3. The Kier molecular flexibility index (Phi) is 9.63. The SMILES string of the molecule is CC(C)(C)OC(=O)CCCOc1ccc(CCc2ccc(S(=O)(=O)Cc3ccc(C(=O)O)cn3)cc2)cc1. The summed E-state index contributed by atoms with van der Waals surface area (Å²) in [5.41, 5.74) is 1.95. The van der Waals surface area contributed by atoms with E-state index in [9.17, 15) is 18.0 Å². The minimum Gasteiger partial charge on any atom is -0.494 e. The van der Waals surface area contributed by atoms with Gasteiger partial charge in [0.25, 0.3) is 0 Å². The summed E-state index contributed by atoms with van der Waals surface area (Å²) in [7, 11) is -3.61. The maximum absolute atomic E-state index is 12.7. The lowest BCUT2D eigenvalue weighted by Crippen LogP contribution is -2.23. The highest BCUT2D eigenvalue weighted by Gasteiger charge is 2.17. The van der Waals surface area contributed by atoms with Crippen molar-refractivity contribution in [1.82, 2.24) is 4.98 Å². The smallest absolute Gasteiger partial charge is 0.337 e. The van der Waals surface area contributed by atoms with Crippen molar-refractivity contribution in [3.63, 3.8) is 0 Å². The second kappa shape index (κ2) is 12.7. The van der Waals surface area contributed by atoms with Gasteiger partial charge in [-0.15, -0.1) is 0 Å². The van der Waals surface area contributed by atoms with Gasteiger partial charge in [-0.2, -0.15) is 0 Å². The molecule has 0 aliphatic heterocycles. The van der Waals surface area contributed by atoms with Gasteiger partial charge in [0.05, 0.1) is 28.5 Å². The first kappa shape index (κ1) is 28.8. The number of hydrogen-bond acceptors (Lipinski definition) is 7. The van der Waals surface area contributed by atoms with Crippen molar-refractivity contribution >= 4 is 21.8 Å². The lowest BCUT2D eigenvalue weighted by Gasteiger charge is -2.19. The quantitative estimate of drug-likeness (QED) is 0.251. The summed E-state index contributed by atoms with van der Waals surface area (Å²) in [5, 5.41) is 8.95. The maximum Gasteiger partial charge on any atom is 0.337 e. The lowest BCUT2D eigenvalue weighted by atomic mass is 10.0. The fourth-order valence-corrected chi connectivity index (χ4v) is 4.90. The number of nitrogens with zero attached hydrogens (tertiary/aromatic N) is 1. The number of aromatic nitrogens is 1. The second-order valence-corrected chi connectivity index (χ2v) is 11.9. The Morgan fingerprint density at radius 1 is 0.895 bits per heavy atom. The molecule has 0 aliphatic rings. The molecule has 2 aromatic carbocycles. The van der Waals surface area contributed by atoms with E-state index in [0.29, 0.717) is 19.4 Å². The van der Waals surface area contributed by atoms with Gasteiger partial charge in [0, 0.05) is 12.6 Å². The molecule has 1 N–H and O–H groups in total. The summed E-state index contributed by atoms with van der Waals surface area (Å²) < 4.78 is 36.5. The van der Waals surface area contributed by atoms with E-state index >= 15 is 0 Å². The van der Waals surface area contributed by atoms with Crippen LogP contribution in [0.15, 0.2) is 71.8 Å². The van der Waals surface area contributed by atoms with Crippen LogP contribution in [0.1, 0.15) is 60.8 Å². The highest BCUT2D eigenvalue weighted by atomic mass is 32.2. The molecule has 9 heteroatoms. The molecule has 8 nitrogen and oxygen atoms in total. The normalized spacial score (nSPS) is 11.7. The summed E-state index contributed by atoms with van der Waals surface area (Å²) in [6, 6.07) is 17.3. The van der Waals surface area contributed by atoms with Gasteiger partial charge in [-0.05, 0) is 87.6 Å². The third kappa shape index (κ3) is 9.30. The Morgan fingerprint density at radius 3 is 2.03 bits per heavy atom.